The summed E-state index contributed by atoms with van der Waals surface area (Å²) in [6.45, 7) is 2.01. The number of rotatable bonds is 3. The molecule has 0 atom stereocenters. The van der Waals surface area contributed by atoms with Crippen LogP contribution < -0.4 is 0 Å². The van der Waals surface area contributed by atoms with Crippen LogP contribution in [0.4, 0.5) is 0 Å². The van der Waals surface area contributed by atoms with E-state index in [1.165, 1.54) is 13.3 Å². The van der Waals surface area contributed by atoms with Crippen molar-refractivity contribution in [2.24, 2.45) is 0 Å². The Bertz CT molecular complexity index is 860. The van der Waals surface area contributed by atoms with Crippen molar-refractivity contribution in [2.75, 3.05) is 7.11 Å². The molecular formula is C16H13ClN2O2S. The fourth-order valence-electron chi connectivity index (χ4n) is 2.23. The lowest BCUT2D eigenvalue weighted by molar-refractivity contribution is 0.0600. The number of pyridine rings is 1. The van der Waals surface area contributed by atoms with Gasteiger partial charge in [0.25, 0.3) is 0 Å². The topological polar surface area (TPSA) is 55.0 Å². The number of hydrogen-bond acceptors (Lipinski definition) is 4. The Kier molecular flexibility index (Phi) is 4.09. The number of hydrogen-bond donors (Lipinski definition) is 1. The quantitative estimate of drug-likeness (QED) is 0.719. The van der Waals surface area contributed by atoms with Gasteiger partial charge in [0.2, 0.25) is 0 Å². The number of aryl methyl sites for hydroxylation is 1. The number of nitrogens with one attached hydrogen (secondary N) is 1. The minimum Gasteiger partial charge on any atom is -0.465 e. The number of nitrogens with zero attached hydrogens (tertiary/aromatic N) is 1. The zero-order valence-electron chi connectivity index (χ0n) is 12.0. The normalized spacial score (nSPS) is 10.9. The van der Waals surface area contributed by atoms with Crippen molar-refractivity contribution in [3.05, 3.63) is 52.9 Å². The number of halogens is 1. The molecule has 1 aromatic carbocycles. The summed E-state index contributed by atoms with van der Waals surface area (Å²) >= 11 is 7.58. The lowest BCUT2D eigenvalue weighted by Crippen LogP contribution is -2.01. The van der Waals surface area contributed by atoms with Crippen LogP contribution in [0.5, 0.6) is 0 Å². The monoisotopic (exact) mass is 332 g/mol. The van der Waals surface area contributed by atoms with Gasteiger partial charge >= 0.3 is 5.97 Å². The Morgan fingerprint density at radius 2 is 2.14 bits per heavy atom. The lowest BCUT2D eigenvalue weighted by atomic mass is 10.2. The Hall–Kier alpha value is -1.98. The predicted molar refractivity (Wildman–Crippen MR) is 87.7 cm³/mol. The van der Waals surface area contributed by atoms with Crippen molar-refractivity contribution in [1.29, 1.82) is 0 Å². The molecule has 0 bridgehead atoms. The summed E-state index contributed by atoms with van der Waals surface area (Å²) in [6.07, 6.45) is 3.23. The molecule has 1 N–H and O–H groups in total. The predicted octanol–water partition coefficient (Wildman–Crippen LogP) is 4.46. The molecule has 3 aromatic rings. The molecule has 0 aliphatic carbocycles. The third kappa shape index (κ3) is 2.82. The first-order valence-corrected chi connectivity index (χ1v) is 7.77. The van der Waals surface area contributed by atoms with E-state index in [0.717, 1.165) is 26.4 Å². The van der Waals surface area contributed by atoms with Crippen LogP contribution in [0.15, 0.2) is 46.5 Å². The van der Waals surface area contributed by atoms with E-state index in [-0.39, 0.29) is 0 Å². The third-order valence-electron chi connectivity index (χ3n) is 3.24. The summed E-state index contributed by atoms with van der Waals surface area (Å²) in [5.41, 5.74) is 2.48. The molecule has 22 heavy (non-hydrogen) atoms. The van der Waals surface area contributed by atoms with Crippen LogP contribution in [0, 0.1) is 6.92 Å². The summed E-state index contributed by atoms with van der Waals surface area (Å²) in [4.78, 5) is 21.0. The van der Waals surface area contributed by atoms with Gasteiger partial charge in [0.05, 0.1) is 12.7 Å². The first-order chi connectivity index (χ1) is 10.6. The average molecular weight is 333 g/mol. The van der Waals surface area contributed by atoms with Gasteiger partial charge in [0.1, 0.15) is 0 Å². The molecule has 2 heterocycles. The van der Waals surface area contributed by atoms with Crippen molar-refractivity contribution in [3.8, 4) is 0 Å². The molecule has 112 valence electrons. The zero-order valence-corrected chi connectivity index (χ0v) is 13.6. The first-order valence-electron chi connectivity index (χ1n) is 6.57. The molecule has 0 radical (unpaired) electrons. The molecule has 0 spiro atoms. The Morgan fingerprint density at radius 3 is 2.91 bits per heavy atom. The molecule has 6 heteroatoms. The molecular weight excluding hydrogens is 320 g/mol. The van der Waals surface area contributed by atoms with E-state index in [9.17, 15) is 4.79 Å². The number of benzene rings is 1. The number of fused-ring (bicyclic) bond motifs is 1. The Balaban J connectivity index is 2.00. The van der Waals surface area contributed by atoms with Crippen molar-refractivity contribution >= 4 is 40.2 Å². The minimum absolute atomic E-state index is 0.391. The lowest BCUT2D eigenvalue weighted by Gasteiger charge is -2.04. The number of H-pyrrole nitrogens is 1. The number of carbonyl (C=O) groups is 1. The summed E-state index contributed by atoms with van der Waals surface area (Å²) in [6, 6.07) is 7.53. The second-order valence-corrected chi connectivity index (χ2v) is 6.29. The highest BCUT2D eigenvalue weighted by Gasteiger charge is 2.12. The highest BCUT2D eigenvalue weighted by atomic mass is 35.5. The van der Waals surface area contributed by atoms with Crippen LogP contribution in [0.1, 0.15) is 16.1 Å². The number of aromatic nitrogens is 2. The Morgan fingerprint density at radius 1 is 1.32 bits per heavy atom. The van der Waals surface area contributed by atoms with Crippen LogP contribution in [0.3, 0.4) is 0 Å². The van der Waals surface area contributed by atoms with Crippen LogP contribution in [0.2, 0.25) is 5.02 Å². The maximum Gasteiger partial charge on any atom is 0.339 e. The Labute approximate surface area is 136 Å². The molecule has 4 nitrogen and oxygen atoms in total. The fraction of sp³-hybridized carbons (Fsp3) is 0.125. The van der Waals surface area contributed by atoms with E-state index in [0.29, 0.717) is 10.6 Å². The fourth-order valence-corrected chi connectivity index (χ4v) is 3.43. The number of ether oxygens (including phenoxy) is 1. The third-order valence-corrected chi connectivity index (χ3v) is 4.67. The first kappa shape index (κ1) is 14.9. The van der Waals surface area contributed by atoms with Gasteiger partial charge in [-0.1, -0.05) is 29.4 Å². The summed E-state index contributed by atoms with van der Waals surface area (Å²) < 4.78 is 4.72. The van der Waals surface area contributed by atoms with Crippen LogP contribution in [-0.4, -0.2) is 23.0 Å². The standard InChI is InChI=1S/C16H13ClN2O2S/c1-9-15(13-4-3-11(17)6-14(13)19-9)22-12-5-10(7-18-8-12)16(20)21-2/h3-8,19H,1-2H3. The number of aromatic amines is 1. The molecule has 2 aromatic heterocycles. The van der Waals surface area contributed by atoms with Crippen LogP contribution in [0.25, 0.3) is 10.9 Å². The van der Waals surface area contributed by atoms with Crippen LogP contribution in [-0.2, 0) is 4.74 Å². The minimum atomic E-state index is -0.391. The molecule has 0 saturated heterocycles. The number of methoxy groups -OCH3 is 1. The van der Waals surface area contributed by atoms with E-state index in [1.54, 1.807) is 24.0 Å². The van der Waals surface area contributed by atoms with E-state index < -0.39 is 5.97 Å². The van der Waals surface area contributed by atoms with E-state index in [1.807, 2.05) is 25.1 Å². The van der Waals surface area contributed by atoms with E-state index in [4.69, 9.17) is 16.3 Å². The van der Waals surface area contributed by atoms with Crippen molar-refractivity contribution in [1.82, 2.24) is 9.97 Å². The zero-order chi connectivity index (χ0) is 15.7. The SMILES string of the molecule is COC(=O)c1cncc(Sc2c(C)[nH]c3cc(Cl)ccc23)c1. The molecule has 0 aliphatic rings. The van der Waals surface area contributed by atoms with Gasteiger partial charge < -0.3 is 9.72 Å². The summed E-state index contributed by atoms with van der Waals surface area (Å²) in [5, 5.41) is 1.79. The maximum absolute atomic E-state index is 11.6. The average Bonchev–Trinajstić information content (AvgIpc) is 2.82. The van der Waals surface area contributed by atoms with Crippen molar-refractivity contribution in [3.63, 3.8) is 0 Å². The van der Waals surface area contributed by atoms with Gasteiger partial charge in [-0.05, 0) is 25.1 Å². The van der Waals surface area contributed by atoms with Gasteiger partial charge in [0.15, 0.2) is 0 Å². The summed E-state index contributed by atoms with van der Waals surface area (Å²) in [7, 11) is 1.36. The molecule has 0 amide bonds. The van der Waals surface area contributed by atoms with Gasteiger partial charge in [-0.3, -0.25) is 4.98 Å². The van der Waals surface area contributed by atoms with Gasteiger partial charge in [-0.15, -0.1) is 0 Å². The van der Waals surface area contributed by atoms with Gasteiger partial charge in [0, 0.05) is 43.8 Å². The second-order valence-electron chi connectivity index (χ2n) is 4.77. The van der Waals surface area contributed by atoms with Gasteiger partial charge in [-0.2, -0.15) is 0 Å². The molecule has 3 rings (SSSR count). The number of carbonyl (C=O) groups excluding carboxylic acids is 1. The highest BCUT2D eigenvalue weighted by Crippen LogP contribution is 2.37. The molecule has 0 saturated carbocycles. The van der Waals surface area contributed by atoms with E-state index in [2.05, 4.69) is 9.97 Å². The largest absolute Gasteiger partial charge is 0.465 e. The molecule has 0 unspecified atom stereocenters. The van der Waals surface area contributed by atoms with Crippen molar-refractivity contribution < 1.29 is 9.53 Å². The van der Waals surface area contributed by atoms with Crippen molar-refractivity contribution in [2.45, 2.75) is 16.7 Å². The van der Waals surface area contributed by atoms with E-state index >= 15 is 0 Å². The van der Waals surface area contributed by atoms with Gasteiger partial charge in [-0.25, -0.2) is 4.79 Å². The molecule has 0 fully saturated rings. The van der Waals surface area contributed by atoms with Crippen LogP contribution >= 0.6 is 23.4 Å². The summed E-state index contributed by atoms with van der Waals surface area (Å²) in [5.74, 6) is -0.391. The number of esters is 1. The highest BCUT2D eigenvalue weighted by molar-refractivity contribution is 7.99. The maximum atomic E-state index is 11.6. The smallest absolute Gasteiger partial charge is 0.339 e. The molecule has 0 aliphatic heterocycles. The second kappa shape index (κ2) is 6.02.